The van der Waals surface area contributed by atoms with Gasteiger partial charge in [0.05, 0.1) is 29.7 Å². The number of fused-ring (bicyclic) bond motifs is 1. The van der Waals surface area contributed by atoms with Crippen LogP contribution in [0.2, 0.25) is 0 Å². The van der Waals surface area contributed by atoms with Crippen molar-refractivity contribution >= 4 is 28.8 Å². The van der Waals surface area contributed by atoms with Crippen LogP contribution in [0.3, 0.4) is 0 Å². The van der Waals surface area contributed by atoms with Crippen molar-refractivity contribution in [2.45, 2.75) is 76.8 Å². The number of pyridine rings is 1. The number of rotatable bonds is 10. The maximum absolute atomic E-state index is 13.8. The van der Waals surface area contributed by atoms with Crippen molar-refractivity contribution in [1.29, 1.82) is 5.41 Å². The van der Waals surface area contributed by atoms with Crippen molar-refractivity contribution in [2.75, 3.05) is 18.5 Å². The molecule has 1 aromatic carbocycles. The summed E-state index contributed by atoms with van der Waals surface area (Å²) in [5.41, 5.74) is 4.42. The van der Waals surface area contributed by atoms with Gasteiger partial charge in [-0.3, -0.25) is 14.6 Å². The summed E-state index contributed by atoms with van der Waals surface area (Å²) < 4.78 is 0. The van der Waals surface area contributed by atoms with Gasteiger partial charge in [0.1, 0.15) is 0 Å². The molecule has 1 fully saturated rings. The first kappa shape index (κ1) is 26.0. The summed E-state index contributed by atoms with van der Waals surface area (Å²) in [5, 5.41) is 14.9. The van der Waals surface area contributed by atoms with Gasteiger partial charge in [-0.25, -0.2) is 0 Å². The number of ketones is 1. The van der Waals surface area contributed by atoms with Gasteiger partial charge in [-0.05, 0) is 68.8 Å². The van der Waals surface area contributed by atoms with Gasteiger partial charge in [-0.1, -0.05) is 44.4 Å². The molecule has 7 nitrogen and oxygen atoms in total. The number of aromatic nitrogens is 1. The Morgan fingerprint density at radius 3 is 2.64 bits per heavy atom. The van der Waals surface area contributed by atoms with Gasteiger partial charge in [0.25, 0.3) is 0 Å². The third kappa shape index (κ3) is 5.51. The highest BCUT2D eigenvalue weighted by Crippen LogP contribution is 2.36. The van der Waals surface area contributed by atoms with Crippen LogP contribution in [-0.2, 0) is 16.0 Å². The second-order valence-electron chi connectivity index (χ2n) is 10.1. The zero-order valence-electron chi connectivity index (χ0n) is 21.7. The molecule has 192 valence electrons. The lowest BCUT2D eigenvalue weighted by Gasteiger charge is -2.32. The van der Waals surface area contributed by atoms with Crippen LogP contribution in [0.15, 0.2) is 42.7 Å². The third-order valence-corrected chi connectivity index (χ3v) is 7.90. The van der Waals surface area contributed by atoms with Crippen LogP contribution < -0.4 is 15.5 Å². The molecule has 1 aliphatic heterocycles. The van der Waals surface area contributed by atoms with Gasteiger partial charge in [0.2, 0.25) is 5.91 Å². The highest BCUT2D eigenvalue weighted by Gasteiger charge is 2.36. The maximum Gasteiger partial charge on any atom is 0.237 e. The smallest absolute Gasteiger partial charge is 0.237 e. The molecule has 7 heteroatoms. The van der Waals surface area contributed by atoms with E-state index >= 15 is 0 Å². The number of Topliss-reactive ketones (excluding diaryl/α,β-unsaturated/α-hetero) is 1. The van der Waals surface area contributed by atoms with Crippen LogP contribution >= 0.6 is 0 Å². The summed E-state index contributed by atoms with van der Waals surface area (Å²) in [6.45, 7) is 4.67. The van der Waals surface area contributed by atoms with E-state index in [0.29, 0.717) is 6.42 Å². The van der Waals surface area contributed by atoms with Crippen LogP contribution in [0.5, 0.6) is 0 Å². The number of hydrogen-bond donors (Lipinski definition) is 3. The Morgan fingerprint density at radius 1 is 1.17 bits per heavy atom. The first-order valence-corrected chi connectivity index (χ1v) is 13.3. The highest BCUT2D eigenvalue weighted by atomic mass is 16.2. The predicted molar refractivity (Wildman–Crippen MR) is 144 cm³/mol. The minimum atomic E-state index is -0.656. The number of likely N-dealkylation sites (N-methyl/N-ethyl adjacent to an activating group) is 1. The van der Waals surface area contributed by atoms with Crippen LogP contribution in [0, 0.1) is 11.3 Å². The monoisotopic (exact) mass is 489 g/mol. The van der Waals surface area contributed by atoms with Crippen LogP contribution in [0.1, 0.15) is 69.4 Å². The zero-order valence-corrected chi connectivity index (χ0v) is 21.7. The average Bonchev–Trinajstić information content (AvgIpc) is 3.36. The number of nitrogens with zero attached hydrogens (tertiary/aromatic N) is 2. The first-order chi connectivity index (χ1) is 17.4. The fourth-order valence-corrected chi connectivity index (χ4v) is 5.61. The fraction of sp³-hybridized carbons (Fsp3) is 0.517. The summed E-state index contributed by atoms with van der Waals surface area (Å²) in [5.74, 6) is -0.754. The topological polar surface area (TPSA) is 98.2 Å². The Balaban J connectivity index is 1.57. The molecule has 1 aromatic heterocycles. The lowest BCUT2D eigenvalue weighted by atomic mass is 9.78. The van der Waals surface area contributed by atoms with Crippen LogP contribution in [0.4, 0.5) is 11.4 Å². The van der Waals surface area contributed by atoms with E-state index in [1.807, 2.05) is 19.2 Å². The Labute approximate surface area is 214 Å². The molecule has 2 heterocycles. The van der Waals surface area contributed by atoms with Crippen molar-refractivity contribution in [3.63, 3.8) is 0 Å². The molecule has 0 saturated heterocycles. The predicted octanol–water partition coefficient (Wildman–Crippen LogP) is 4.53. The van der Waals surface area contributed by atoms with E-state index in [2.05, 4.69) is 44.8 Å². The van der Waals surface area contributed by atoms with E-state index in [1.165, 1.54) is 11.3 Å². The lowest BCUT2D eigenvalue weighted by Crippen LogP contribution is -2.53. The van der Waals surface area contributed by atoms with E-state index in [4.69, 9.17) is 5.41 Å². The van der Waals surface area contributed by atoms with E-state index in [0.717, 1.165) is 56.3 Å². The largest absolute Gasteiger partial charge is 0.344 e. The average molecular weight is 490 g/mol. The molecule has 36 heavy (non-hydrogen) atoms. The van der Waals surface area contributed by atoms with E-state index in [9.17, 15) is 9.59 Å². The summed E-state index contributed by atoms with van der Waals surface area (Å²) in [6, 6.07) is 9.41. The molecule has 3 atom stereocenters. The van der Waals surface area contributed by atoms with Crippen molar-refractivity contribution in [2.24, 2.45) is 5.92 Å². The van der Waals surface area contributed by atoms with E-state index < -0.39 is 12.1 Å². The normalized spacial score (nSPS) is 18.2. The molecule has 0 radical (unpaired) electrons. The number of benzene rings is 1. The Hall–Kier alpha value is -3.06. The molecular formula is C29H39N5O2. The lowest BCUT2D eigenvalue weighted by molar-refractivity contribution is -0.127. The molecule has 0 bridgehead atoms. The highest BCUT2D eigenvalue weighted by molar-refractivity contribution is 6.42. The van der Waals surface area contributed by atoms with Crippen molar-refractivity contribution < 1.29 is 9.59 Å². The summed E-state index contributed by atoms with van der Waals surface area (Å²) >= 11 is 0. The molecule has 2 aromatic rings. The number of hydrogen-bond acceptors (Lipinski definition) is 6. The molecular weight excluding hydrogens is 450 g/mol. The summed E-state index contributed by atoms with van der Waals surface area (Å²) in [6.07, 6.45) is 10.3. The van der Waals surface area contributed by atoms with Crippen molar-refractivity contribution in [3.8, 4) is 0 Å². The standard InChI is InChI=1S/C29H39N5O2/c1-4-24(22-16-23(18-32-17-22)34-15-14-20-10-8-9-13-25(20)34)26(30)28(35)27(21-11-6-5-7-12-21)33-29(36)19(2)31-3/h8-10,13,16-19,21,24,27,30-31H,4-7,11-12,14-15H2,1-3H3,(H,33,36)/t19-,24-,27-/m0/s1. The molecule has 1 amide bonds. The quantitative estimate of drug-likeness (QED) is 0.426. The van der Waals surface area contributed by atoms with Crippen molar-refractivity contribution in [3.05, 3.63) is 53.9 Å². The molecule has 4 rings (SSSR count). The van der Waals surface area contributed by atoms with Crippen LogP contribution in [0.25, 0.3) is 0 Å². The Bertz CT molecular complexity index is 1090. The molecule has 0 unspecified atom stereocenters. The summed E-state index contributed by atoms with van der Waals surface area (Å²) in [7, 11) is 1.73. The number of carbonyl (C=O) groups excluding carboxylic acids is 2. The minimum Gasteiger partial charge on any atom is -0.344 e. The van der Waals surface area contributed by atoms with Gasteiger partial charge >= 0.3 is 0 Å². The van der Waals surface area contributed by atoms with Crippen molar-refractivity contribution in [1.82, 2.24) is 15.6 Å². The first-order valence-electron chi connectivity index (χ1n) is 13.3. The Kier molecular flexibility index (Phi) is 8.52. The number of nitrogens with one attached hydrogen (secondary N) is 3. The third-order valence-electron chi connectivity index (χ3n) is 7.90. The van der Waals surface area contributed by atoms with Crippen LogP contribution in [-0.4, -0.2) is 48.1 Å². The molecule has 2 aliphatic rings. The second-order valence-corrected chi connectivity index (χ2v) is 10.1. The number of amides is 1. The van der Waals surface area contributed by atoms with Gasteiger partial charge < -0.3 is 20.9 Å². The maximum atomic E-state index is 13.8. The molecule has 3 N–H and O–H groups in total. The molecule has 1 saturated carbocycles. The molecule has 0 spiro atoms. The van der Waals surface area contributed by atoms with Gasteiger partial charge in [0.15, 0.2) is 5.78 Å². The number of anilines is 2. The van der Waals surface area contributed by atoms with Gasteiger partial charge in [-0.15, -0.1) is 0 Å². The van der Waals surface area contributed by atoms with Gasteiger partial charge in [-0.2, -0.15) is 0 Å². The number of carbonyl (C=O) groups is 2. The molecule has 1 aliphatic carbocycles. The van der Waals surface area contributed by atoms with E-state index in [1.54, 1.807) is 20.2 Å². The SMILES string of the molecule is CC[C@H](C(=N)C(=O)[C@@H](NC(=O)[C@H](C)NC)C1CCCCC1)c1cncc(N2CCc3ccccc32)c1. The number of para-hydroxylation sites is 1. The fourth-order valence-electron chi connectivity index (χ4n) is 5.61. The summed E-state index contributed by atoms with van der Waals surface area (Å²) in [4.78, 5) is 33.3. The van der Waals surface area contributed by atoms with E-state index in [-0.39, 0.29) is 29.2 Å². The minimum absolute atomic E-state index is 0.0613. The zero-order chi connectivity index (χ0) is 25.7. The van der Waals surface area contributed by atoms with Gasteiger partial charge in [0, 0.05) is 24.3 Å². The Morgan fingerprint density at radius 2 is 1.92 bits per heavy atom. The second kappa shape index (κ2) is 11.8.